The van der Waals surface area contributed by atoms with Crippen molar-refractivity contribution < 1.29 is 13.2 Å². The van der Waals surface area contributed by atoms with Crippen molar-refractivity contribution in [1.29, 1.82) is 0 Å². The number of hydrazone groups is 1. The van der Waals surface area contributed by atoms with Gasteiger partial charge in [0, 0.05) is 24.5 Å². The molecule has 0 amide bonds. The van der Waals surface area contributed by atoms with Crippen molar-refractivity contribution in [3.8, 4) is 5.75 Å². The quantitative estimate of drug-likeness (QED) is 0.341. The highest BCUT2D eigenvalue weighted by atomic mass is 32.2. The summed E-state index contributed by atoms with van der Waals surface area (Å²) in [7, 11) is -2.14. The Hall–Kier alpha value is -3.52. The van der Waals surface area contributed by atoms with Gasteiger partial charge in [0.25, 0.3) is 10.0 Å². The van der Waals surface area contributed by atoms with Gasteiger partial charge in [-0.15, -0.1) is 0 Å². The van der Waals surface area contributed by atoms with E-state index in [-0.39, 0.29) is 4.90 Å². The van der Waals surface area contributed by atoms with Crippen LogP contribution in [0.3, 0.4) is 0 Å². The minimum atomic E-state index is -3.68. The van der Waals surface area contributed by atoms with Gasteiger partial charge in [0.05, 0.1) is 23.9 Å². The molecule has 0 bridgehead atoms. The molecule has 2 N–H and O–H groups in total. The number of sulfonamides is 1. The van der Waals surface area contributed by atoms with Crippen LogP contribution >= 0.6 is 0 Å². The highest BCUT2D eigenvalue weighted by molar-refractivity contribution is 7.92. The molecule has 32 heavy (non-hydrogen) atoms. The molecule has 0 aliphatic heterocycles. The third-order valence-electron chi connectivity index (χ3n) is 4.94. The summed E-state index contributed by atoms with van der Waals surface area (Å²) >= 11 is 0. The molecular formula is C24H28N4O3S. The second-order valence-electron chi connectivity index (χ2n) is 6.99. The van der Waals surface area contributed by atoms with Crippen LogP contribution in [0, 0.1) is 0 Å². The van der Waals surface area contributed by atoms with Gasteiger partial charge in [0.1, 0.15) is 5.75 Å². The second-order valence-corrected chi connectivity index (χ2v) is 8.67. The first-order valence-corrected chi connectivity index (χ1v) is 11.8. The van der Waals surface area contributed by atoms with Gasteiger partial charge in [-0.1, -0.05) is 12.1 Å². The third-order valence-corrected chi connectivity index (χ3v) is 6.33. The van der Waals surface area contributed by atoms with E-state index in [1.54, 1.807) is 42.6 Å². The van der Waals surface area contributed by atoms with Gasteiger partial charge >= 0.3 is 0 Å². The van der Waals surface area contributed by atoms with Gasteiger partial charge in [0.15, 0.2) is 0 Å². The summed E-state index contributed by atoms with van der Waals surface area (Å²) < 4.78 is 32.7. The van der Waals surface area contributed by atoms with Crippen molar-refractivity contribution in [3.05, 3.63) is 78.4 Å². The monoisotopic (exact) mass is 452 g/mol. The molecule has 7 nitrogen and oxygen atoms in total. The second kappa shape index (κ2) is 10.7. The Morgan fingerprint density at radius 3 is 2.03 bits per heavy atom. The molecule has 0 heterocycles. The van der Waals surface area contributed by atoms with Crippen LogP contribution in [0.5, 0.6) is 5.75 Å². The minimum Gasteiger partial charge on any atom is -0.497 e. The van der Waals surface area contributed by atoms with Crippen molar-refractivity contribution in [2.75, 3.05) is 35.2 Å². The van der Waals surface area contributed by atoms with Crippen LogP contribution in [0.2, 0.25) is 0 Å². The van der Waals surface area contributed by atoms with E-state index in [1.165, 1.54) is 24.9 Å². The Balaban J connectivity index is 1.58. The Bertz CT molecular complexity index is 1120. The number of hydrogen-bond donors (Lipinski definition) is 2. The van der Waals surface area contributed by atoms with E-state index in [0.717, 1.165) is 24.3 Å². The smallest absolute Gasteiger partial charge is 0.261 e. The van der Waals surface area contributed by atoms with Crippen LogP contribution in [-0.2, 0) is 10.0 Å². The molecule has 0 aliphatic carbocycles. The van der Waals surface area contributed by atoms with Crippen molar-refractivity contribution in [2.45, 2.75) is 18.7 Å². The predicted octanol–water partition coefficient (Wildman–Crippen LogP) is 4.79. The molecule has 8 heteroatoms. The van der Waals surface area contributed by atoms with E-state index in [1.807, 2.05) is 12.1 Å². The van der Waals surface area contributed by atoms with E-state index in [2.05, 4.69) is 46.1 Å². The number of anilines is 3. The Morgan fingerprint density at radius 1 is 0.875 bits per heavy atom. The molecule has 0 saturated heterocycles. The lowest BCUT2D eigenvalue weighted by molar-refractivity contribution is 0.414. The van der Waals surface area contributed by atoms with Crippen molar-refractivity contribution in [2.24, 2.45) is 5.10 Å². The molecule has 168 valence electrons. The molecular weight excluding hydrogens is 424 g/mol. The van der Waals surface area contributed by atoms with Gasteiger partial charge in [-0.3, -0.25) is 10.1 Å². The molecule has 0 atom stereocenters. The van der Waals surface area contributed by atoms with Crippen LogP contribution in [-0.4, -0.2) is 34.8 Å². The molecule has 0 radical (unpaired) electrons. The minimum absolute atomic E-state index is 0.164. The summed E-state index contributed by atoms with van der Waals surface area (Å²) in [6.07, 6.45) is 1.74. The average Bonchev–Trinajstić information content (AvgIpc) is 2.82. The number of methoxy groups -OCH3 is 1. The topological polar surface area (TPSA) is 83.0 Å². The zero-order valence-electron chi connectivity index (χ0n) is 18.4. The average molecular weight is 453 g/mol. The molecule has 0 aromatic heterocycles. The van der Waals surface area contributed by atoms with Crippen molar-refractivity contribution in [1.82, 2.24) is 0 Å². The fourth-order valence-corrected chi connectivity index (χ4v) is 4.18. The Kier molecular flexibility index (Phi) is 7.72. The Morgan fingerprint density at radius 2 is 1.47 bits per heavy atom. The summed E-state index contributed by atoms with van der Waals surface area (Å²) in [5.74, 6) is 0.597. The van der Waals surface area contributed by atoms with Crippen LogP contribution in [0.25, 0.3) is 0 Å². The first-order valence-electron chi connectivity index (χ1n) is 10.4. The van der Waals surface area contributed by atoms with Gasteiger partial charge in [-0.2, -0.15) is 5.10 Å². The molecule has 3 aromatic rings. The van der Waals surface area contributed by atoms with Crippen LogP contribution in [0.1, 0.15) is 19.4 Å². The van der Waals surface area contributed by atoms with E-state index in [0.29, 0.717) is 11.4 Å². The zero-order chi connectivity index (χ0) is 23.0. The summed E-state index contributed by atoms with van der Waals surface area (Å²) in [6.45, 7) is 6.21. The highest BCUT2D eigenvalue weighted by Crippen LogP contribution is 2.20. The van der Waals surface area contributed by atoms with Gasteiger partial charge in [0.2, 0.25) is 0 Å². The number of ether oxygens (including phenoxy) is 1. The standard InChI is InChI=1S/C24H28N4O3S/c1-4-28(5-2)22-12-6-19(7-13-22)18-25-26-20-8-10-21(11-9-20)27-32(29,30)24-16-14-23(31-3)15-17-24/h6-18,26-27H,4-5H2,1-3H3/b25-18+. The molecule has 0 spiro atoms. The van der Waals surface area contributed by atoms with Crippen LogP contribution < -0.4 is 19.8 Å². The maximum atomic E-state index is 12.5. The number of hydrogen-bond acceptors (Lipinski definition) is 6. The molecule has 0 saturated carbocycles. The SMILES string of the molecule is CCN(CC)c1ccc(/C=N/Nc2ccc(NS(=O)(=O)c3ccc(OC)cc3)cc2)cc1. The summed E-state index contributed by atoms with van der Waals surface area (Å²) in [5, 5.41) is 4.26. The van der Waals surface area contributed by atoms with Gasteiger partial charge in [-0.05, 0) is 80.1 Å². The lowest BCUT2D eigenvalue weighted by Gasteiger charge is -2.20. The molecule has 0 aliphatic rings. The van der Waals surface area contributed by atoms with E-state index < -0.39 is 10.0 Å². The number of nitrogens with zero attached hydrogens (tertiary/aromatic N) is 2. The number of rotatable bonds is 10. The molecule has 0 unspecified atom stereocenters. The maximum absolute atomic E-state index is 12.5. The fraction of sp³-hybridized carbons (Fsp3) is 0.208. The van der Waals surface area contributed by atoms with E-state index in [9.17, 15) is 8.42 Å². The van der Waals surface area contributed by atoms with Crippen LogP contribution in [0.15, 0.2) is 82.8 Å². The van der Waals surface area contributed by atoms with Crippen molar-refractivity contribution in [3.63, 3.8) is 0 Å². The summed E-state index contributed by atoms with van der Waals surface area (Å²) in [6, 6.07) is 21.3. The largest absolute Gasteiger partial charge is 0.497 e. The Labute approximate surface area is 189 Å². The highest BCUT2D eigenvalue weighted by Gasteiger charge is 2.14. The van der Waals surface area contributed by atoms with E-state index in [4.69, 9.17) is 4.74 Å². The molecule has 3 aromatic carbocycles. The fourth-order valence-electron chi connectivity index (χ4n) is 3.12. The first kappa shape index (κ1) is 23.1. The van der Waals surface area contributed by atoms with Crippen molar-refractivity contribution >= 4 is 33.3 Å². The first-order chi connectivity index (χ1) is 15.4. The summed E-state index contributed by atoms with van der Waals surface area (Å²) in [4.78, 5) is 2.45. The predicted molar refractivity (Wildman–Crippen MR) is 131 cm³/mol. The summed E-state index contributed by atoms with van der Waals surface area (Å²) in [5.41, 5.74) is 6.33. The zero-order valence-corrected chi connectivity index (χ0v) is 19.3. The number of benzene rings is 3. The lowest BCUT2D eigenvalue weighted by Crippen LogP contribution is -2.21. The van der Waals surface area contributed by atoms with E-state index >= 15 is 0 Å². The van der Waals surface area contributed by atoms with Gasteiger partial charge in [-0.25, -0.2) is 8.42 Å². The molecule has 0 fully saturated rings. The third kappa shape index (κ3) is 6.01. The number of nitrogens with one attached hydrogen (secondary N) is 2. The lowest BCUT2D eigenvalue weighted by atomic mass is 10.2. The maximum Gasteiger partial charge on any atom is 0.261 e. The van der Waals surface area contributed by atoms with Gasteiger partial charge < -0.3 is 9.64 Å². The normalized spacial score (nSPS) is 11.3. The molecule has 3 rings (SSSR count). The van der Waals surface area contributed by atoms with Crippen LogP contribution in [0.4, 0.5) is 17.1 Å².